The number of aryl methyl sites for hydroxylation is 1. The minimum atomic E-state index is -0.150. The highest BCUT2D eigenvalue weighted by Gasteiger charge is 2.11. The van der Waals surface area contributed by atoms with Crippen molar-refractivity contribution in [2.24, 2.45) is 0 Å². The van der Waals surface area contributed by atoms with Crippen LogP contribution in [-0.2, 0) is 11.9 Å². The Morgan fingerprint density at radius 3 is 2.45 bits per heavy atom. The summed E-state index contributed by atoms with van der Waals surface area (Å²) in [6.45, 7) is 2.38. The van der Waals surface area contributed by atoms with Crippen molar-refractivity contribution in [2.45, 2.75) is 18.8 Å². The normalized spacial score (nSPS) is 10.3. The molecule has 4 heteroatoms. The van der Waals surface area contributed by atoms with Crippen molar-refractivity contribution >= 4 is 33.4 Å². The van der Waals surface area contributed by atoms with E-state index >= 15 is 0 Å². The Balaban J connectivity index is 2.02. The fraction of sp³-hybridized carbons (Fsp3) is 0.188. The summed E-state index contributed by atoms with van der Waals surface area (Å²) in [6.07, 6.45) is 0. The van der Waals surface area contributed by atoms with E-state index in [4.69, 9.17) is 11.6 Å². The second kappa shape index (κ2) is 6.91. The topological polar surface area (TPSA) is 29.1 Å². The molecule has 0 aliphatic heterocycles. The molecular formula is C16H15BrClNO. The van der Waals surface area contributed by atoms with Gasteiger partial charge in [-0.05, 0) is 29.7 Å². The van der Waals surface area contributed by atoms with Crippen LogP contribution in [0.4, 0.5) is 0 Å². The molecule has 2 nitrogen and oxygen atoms in total. The largest absolute Gasteiger partial charge is 0.348 e. The summed E-state index contributed by atoms with van der Waals surface area (Å²) in [7, 11) is 0. The maximum atomic E-state index is 12.1. The highest BCUT2D eigenvalue weighted by atomic mass is 79.9. The standard InChI is InChI=1S/C16H15BrClNO/c1-11-3-2-4-14(15(11)18)16(20)19-10-13-7-5-12(9-17)6-8-13/h2-8H,9-10H2,1H3,(H,19,20). The van der Waals surface area contributed by atoms with Gasteiger partial charge in [-0.15, -0.1) is 0 Å². The van der Waals surface area contributed by atoms with E-state index in [2.05, 4.69) is 21.2 Å². The van der Waals surface area contributed by atoms with Gasteiger partial charge in [0.15, 0.2) is 0 Å². The molecule has 1 N–H and O–H groups in total. The van der Waals surface area contributed by atoms with Crippen molar-refractivity contribution in [1.29, 1.82) is 0 Å². The Kier molecular flexibility index (Phi) is 5.21. The Morgan fingerprint density at radius 2 is 1.80 bits per heavy atom. The number of carbonyl (C=O) groups excluding carboxylic acids is 1. The summed E-state index contributed by atoms with van der Waals surface area (Å²) in [5, 5.41) is 4.23. The lowest BCUT2D eigenvalue weighted by atomic mass is 10.1. The average Bonchev–Trinajstić information content (AvgIpc) is 2.48. The Bertz CT molecular complexity index is 610. The van der Waals surface area contributed by atoms with Gasteiger partial charge >= 0.3 is 0 Å². The molecule has 1 amide bonds. The van der Waals surface area contributed by atoms with Crippen LogP contribution in [0.5, 0.6) is 0 Å². The summed E-state index contributed by atoms with van der Waals surface area (Å²) < 4.78 is 0. The molecule has 20 heavy (non-hydrogen) atoms. The second-order valence-electron chi connectivity index (χ2n) is 4.57. The van der Waals surface area contributed by atoms with Gasteiger partial charge in [-0.3, -0.25) is 4.79 Å². The molecule has 0 spiro atoms. The van der Waals surface area contributed by atoms with E-state index in [1.807, 2.05) is 43.3 Å². The van der Waals surface area contributed by atoms with E-state index in [9.17, 15) is 4.79 Å². The van der Waals surface area contributed by atoms with Crippen molar-refractivity contribution in [3.05, 3.63) is 69.7 Å². The van der Waals surface area contributed by atoms with Gasteiger partial charge in [-0.2, -0.15) is 0 Å². The highest BCUT2D eigenvalue weighted by molar-refractivity contribution is 9.08. The zero-order chi connectivity index (χ0) is 14.5. The van der Waals surface area contributed by atoms with Crippen molar-refractivity contribution < 1.29 is 4.79 Å². The second-order valence-corrected chi connectivity index (χ2v) is 5.51. The minimum Gasteiger partial charge on any atom is -0.348 e. The summed E-state index contributed by atoms with van der Waals surface area (Å²) in [5.74, 6) is -0.150. The molecular weight excluding hydrogens is 338 g/mol. The molecule has 0 aromatic heterocycles. The molecule has 104 valence electrons. The summed E-state index contributed by atoms with van der Waals surface area (Å²) in [4.78, 5) is 12.1. The molecule has 0 unspecified atom stereocenters. The lowest BCUT2D eigenvalue weighted by Crippen LogP contribution is -2.23. The number of carbonyl (C=O) groups is 1. The van der Waals surface area contributed by atoms with E-state index in [1.165, 1.54) is 5.56 Å². The Hall–Kier alpha value is -1.32. The SMILES string of the molecule is Cc1cccc(C(=O)NCc2ccc(CBr)cc2)c1Cl. The van der Waals surface area contributed by atoms with Crippen molar-refractivity contribution in [2.75, 3.05) is 0 Å². The first-order valence-electron chi connectivity index (χ1n) is 6.29. The van der Waals surface area contributed by atoms with Gasteiger partial charge in [0.2, 0.25) is 0 Å². The highest BCUT2D eigenvalue weighted by Crippen LogP contribution is 2.20. The third-order valence-corrected chi connectivity index (χ3v) is 4.22. The summed E-state index contributed by atoms with van der Waals surface area (Å²) in [5.41, 5.74) is 3.69. The van der Waals surface area contributed by atoms with E-state index in [0.29, 0.717) is 17.1 Å². The van der Waals surface area contributed by atoms with E-state index in [1.54, 1.807) is 6.07 Å². The van der Waals surface area contributed by atoms with Crippen molar-refractivity contribution in [3.63, 3.8) is 0 Å². The molecule has 2 rings (SSSR count). The van der Waals surface area contributed by atoms with Crippen LogP contribution in [0.1, 0.15) is 27.0 Å². The van der Waals surface area contributed by atoms with Gasteiger partial charge in [-0.25, -0.2) is 0 Å². The predicted molar refractivity (Wildman–Crippen MR) is 86.4 cm³/mol. The van der Waals surface area contributed by atoms with Gasteiger partial charge in [0.05, 0.1) is 10.6 Å². The number of nitrogens with one attached hydrogen (secondary N) is 1. The van der Waals surface area contributed by atoms with Gasteiger partial charge < -0.3 is 5.32 Å². The molecule has 0 aliphatic rings. The van der Waals surface area contributed by atoms with E-state index < -0.39 is 0 Å². The van der Waals surface area contributed by atoms with Crippen LogP contribution in [0.2, 0.25) is 5.02 Å². The van der Waals surface area contributed by atoms with E-state index in [0.717, 1.165) is 16.5 Å². The van der Waals surface area contributed by atoms with Gasteiger partial charge in [0.25, 0.3) is 5.91 Å². The molecule has 0 saturated heterocycles. The number of amides is 1. The van der Waals surface area contributed by atoms with Crippen LogP contribution < -0.4 is 5.32 Å². The molecule has 0 atom stereocenters. The molecule has 0 heterocycles. The average molecular weight is 353 g/mol. The molecule has 2 aromatic rings. The van der Waals surface area contributed by atoms with Crippen molar-refractivity contribution in [1.82, 2.24) is 5.32 Å². The molecule has 0 fully saturated rings. The smallest absolute Gasteiger partial charge is 0.253 e. The maximum Gasteiger partial charge on any atom is 0.253 e. The fourth-order valence-electron chi connectivity index (χ4n) is 1.85. The number of hydrogen-bond donors (Lipinski definition) is 1. The Morgan fingerprint density at radius 1 is 1.15 bits per heavy atom. The van der Waals surface area contributed by atoms with Crippen LogP contribution in [0, 0.1) is 6.92 Å². The quantitative estimate of drug-likeness (QED) is 0.808. The van der Waals surface area contributed by atoms with Gasteiger partial charge in [-0.1, -0.05) is 63.9 Å². The first-order chi connectivity index (χ1) is 9.61. The molecule has 0 radical (unpaired) electrons. The van der Waals surface area contributed by atoms with Crippen LogP contribution in [0.15, 0.2) is 42.5 Å². The summed E-state index contributed by atoms with van der Waals surface area (Å²) >= 11 is 9.55. The number of halogens is 2. The minimum absolute atomic E-state index is 0.150. The maximum absolute atomic E-state index is 12.1. The number of hydrogen-bond acceptors (Lipinski definition) is 1. The molecule has 0 bridgehead atoms. The molecule has 0 saturated carbocycles. The first kappa shape index (κ1) is 15.1. The number of rotatable bonds is 4. The van der Waals surface area contributed by atoms with E-state index in [-0.39, 0.29) is 5.91 Å². The van der Waals surface area contributed by atoms with Gasteiger partial charge in [0, 0.05) is 11.9 Å². The monoisotopic (exact) mass is 351 g/mol. The molecule has 2 aromatic carbocycles. The van der Waals surface area contributed by atoms with Crippen LogP contribution in [-0.4, -0.2) is 5.91 Å². The lowest BCUT2D eigenvalue weighted by Gasteiger charge is -2.08. The number of alkyl halides is 1. The lowest BCUT2D eigenvalue weighted by molar-refractivity contribution is 0.0951. The van der Waals surface area contributed by atoms with Crippen LogP contribution >= 0.6 is 27.5 Å². The first-order valence-corrected chi connectivity index (χ1v) is 7.79. The number of benzene rings is 2. The van der Waals surface area contributed by atoms with Crippen LogP contribution in [0.3, 0.4) is 0 Å². The predicted octanol–water partition coefficient (Wildman–Crippen LogP) is 4.47. The van der Waals surface area contributed by atoms with Gasteiger partial charge in [0.1, 0.15) is 0 Å². The Labute approximate surface area is 132 Å². The van der Waals surface area contributed by atoms with Crippen LogP contribution in [0.25, 0.3) is 0 Å². The zero-order valence-corrected chi connectivity index (χ0v) is 13.5. The third kappa shape index (κ3) is 3.62. The third-order valence-electron chi connectivity index (χ3n) is 3.07. The molecule has 0 aliphatic carbocycles. The summed E-state index contributed by atoms with van der Waals surface area (Å²) in [6, 6.07) is 13.5. The zero-order valence-electron chi connectivity index (χ0n) is 11.1. The fourth-order valence-corrected chi connectivity index (χ4v) is 2.43. The van der Waals surface area contributed by atoms with Crippen molar-refractivity contribution in [3.8, 4) is 0 Å².